The van der Waals surface area contributed by atoms with Crippen LogP contribution in [0.25, 0.3) is 0 Å². The van der Waals surface area contributed by atoms with Crippen LogP contribution in [-0.2, 0) is 19.1 Å². The van der Waals surface area contributed by atoms with Crippen LogP contribution in [0.4, 0.5) is 0 Å². The number of esters is 1. The second-order valence-corrected chi connectivity index (χ2v) is 4.04. The molecule has 1 aliphatic heterocycles. The third kappa shape index (κ3) is 3.78. The Bertz CT molecular complexity index is 194. The zero-order valence-corrected chi connectivity index (χ0v) is 8.43. The third-order valence-electron chi connectivity index (χ3n) is 1.47. The van der Waals surface area contributed by atoms with Crippen molar-refractivity contribution >= 4 is 23.5 Å². The minimum Gasteiger partial charge on any atom is -0.435 e. The zero-order chi connectivity index (χ0) is 9.84. The fourth-order valence-electron chi connectivity index (χ4n) is 1.02. The van der Waals surface area contributed by atoms with Crippen LogP contribution in [0.15, 0.2) is 0 Å². The van der Waals surface area contributed by atoms with E-state index in [2.05, 4.69) is 0 Å². The molecule has 0 spiro atoms. The normalized spacial score (nSPS) is 27.2. The smallest absolute Gasteiger partial charge is 0.304 e. The van der Waals surface area contributed by atoms with Crippen LogP contribution in [0.5, 0.6) is 0 Å². The minimum absolute atomic E-state index is 0.0842. The highest BCUT2D eigenvalue weighted by molar-refractivity contribution is 8.00. The molecule has 4 nitrogen and oxygen atoms in total. The summed E-state index contributed by atoms with van der Waals surface area (Å²) in [6.07, 6.45) is -0.102. The first-order valence-electron chi connectivity index (χ1n) is 4.01. The molecule has 1 aliphatic rings. The summed E-state index contributed by atoms with van der Waals surface area (Å²) in [5.74, 6) is 0.340. The molecule has 2 atom stereocenters. The number of ether oxygens (including phenoxy) is 2. The van der Waals surface area contributed by atoms with Gasteiger partial charge in [-0.15, -0.1) is 11.8 Å². The number of hydrogen-bond acceptors (Lipinski definition) is 5. The average Bonchev–Trinajstić information content (AvgIpc) is 2.33. The van der Waals surface area contributed by atoms with E-state index in [9.17, 15) is 9.59 Å². The number of thioether (sulfide) groups is 1. The number of Topliss-reactive ketones (excluding diaryl/α,β-unsaturated/α-hetero) is 1. The minimum atomic E-state index is -0.480. The maximum Gasteiger partial charge on any atom is 0.304 e. The average molecular weight is 204 g/mol. The molecule has 1 rings (SSSR count). The van der Waals surface area contributed by atoms with Crippen molar-refractivity contribution in [1.29, 1.82) is 0 Å². The fraction of sp³-hybridized carbons (Fsp3) is 0.750. The van der Waals surface area contributed by atoms with Gasteiger partial charge in [-0.3, -0.25) is 9.59 Å². The summed E-state index contributed by atoms with van der Waals surface area (Å²) in [5.41, 5.74) is -0.151. The standard InChI is InChI=1S/C8H12O4S/c1-5(9)3-8-12-7(4-13-8)11-6(2)10/h7-8H,3-4H2,1-2H3. The van der Waals surface area contributed by atoms with E-state index < -0.39 is 6.29 Å². The van der Waals surface area contributed by atoms with Gasteiger partial charge in [-0.1, -0.05) is 0 Å². The molecule has 0 aliphatic carbocycles. The first kappa shape index (κ1) is 10.5. The number of hydrogen-bond donors (Lipinski definition) is 0. The third-order valence-corrected chi connectivity index (χ3v) is 2.59. The number of carbonyl (C=O) groups excluding carboxylic acids is 2. The zero-order valence-electron chi connectivity index (χ0n) is 7.61. The Kier molecular flexibility index (Phi) is 3.74. The number of rotatable bonds is 3. The maximum atomic E-state index is 10.7. The van der Waals surface area contributed by atoms with Gasteiger partial charge in [-0.2, -0.15) is 0 Å². The van der Waals surface area contributed by atoms with Gasteiger partial charge in [0.25, 0.3) is 0 Å². The van der Waals surface area contributed by atoms with Crippen LogP contribution in [0, 0.1) is 0 Å². The summed E-state index contributed by atoms with van der Waals surface area (Å²) in [6.45, 7) is 2.86. The number of carbonyl (C=O) groups is 2. The van der Waals surface area contributed by atoms with Gasteiger partial charge >= 0.3 is 5.97 Å². The van der Waals surface area contributed by atoms with E-state index in [1.165, 1.54) is 25.6 Å². The molecule has 1 saturated heterocycles. The lowest BCUT2D eigenvalue weighted by Gasteiger charge is -2.10. The van der Waals surface area contributed by atoms with Gasteiger partial charge in [0.15, 0.2) is 0 Å². The monoisotopic (exact) mass is 204 g/mol. The van der Waals surface area contributed by atoms with E-state index in [-0.39, 0.29) is 17.2 Å². The highest BCUT2D eigenvalue weighted by atomic mass is 32.2. The summed E-state index contributed by atoms with van der Waals surface area (Å²) < 4.78 is 10.1. The van der Waals surface area contributed by atoms with Crippen LogP contribution in [-0.4, -0.2) is 29.2 Å². The number of ketones is 1. The lowest BCUT2D eigenvalue weighted by molar-refractivity contribution is -0.170. The van der Waals surface area contributed by atoms with Crippen molar-refractivity contribution in [2.24, 2.45) is 0 Å². The summed E-state index contributed by atoms with van der Waals surface area (Å²) in [5, 5.41) is 0. The molecule has 0 aromatic rings. The molecular weight excluding hydrogens is 192 g/mol. The molecule has 0 radical (unpaired) electrons. The molecule has 5 heteroatoms. The lowest BCUT2D eigenvalue weighted by Crippen LogP contribution is -2.19. The second kappa shape index (κ2) is 4.62. The largest absolute Gasteiger partial charge is 0.435 e. The van der Waals surface area contributed by atoms with Crippen LogP contribution >= 0.6 is 11.8 Å². The molecule has 2 unspecified atom stereocenters. The topological polar surface area (TPSA) is 52.6 Å². The van der Waals surface area contributed by atoms with Gasteiger partial charge in [0.1, 0.15) is 11.2 Å². The van der Waals surface area contributed by atoms with Crippen LogP contribution < -0.4 is 0 Å². The highest BCUT2D eigenvalue weighted by Crippen LogP contribution is 2.28. The van der Waals surface area contributed by atoms with E-state index in [0.29, 0.717) is 12.2 Å². The van der Waals surface area contributed by atoms with Crippen molar-refractivity contribution < 1.29 is 19.1 Å². The van der Waals surface area contributed by atoms with Crippen molar-refractivity contribution in [2.75, 3.05) is 5.75 Å². The van der Waals surface area contributed by atoms with Gasteiger partial charge in [0, 0.05) is 13.3 Å². The van der Waals surface area contributed by atoms with Crippen molar-refractivity contribution in [3.8, 4) is 0 Å². The van der Waals surface area contributed by atoms with Crippen LogP contribution in [0.3, 0.4) is 0 Å². The highest BCUT2D eigenvalue weighted by Gasteiger charge is 2.28. The van der Waals surface area contributed by atoms with Gasteiger partial charge in [-0.25, -0.2) is 0 Å². The molecule has 1 fully saturated rings. The Morgan fingerprint density at radius 2 is 2.23 bits per heavy atom. The van der Waals surface area contributed by atoms with Crippen molar-refractivity contribution in [3.63, 3.8) is 0 Å². The molecule has 0 aromatic heterocycles. The van der Waals surface area contributed by atoms with E-state index >= 15 is 0 Å². The predicted octanol–water partition coefficient (Wildman–Crippen LogP) is 0.944. The Labute approximate surface area is 81.0 Å². The molecule has 0 aromatic carbocycles. The lowest BCUT2D eigenvalue weighted by atomic mass is 10.3. The van der Waals surface area contributed by atoms with E-state index in [0.717, 1.165) is 0 Å². The van der Waals surface area contributed by atoms with E-state index in [1.54, 1.807) is 0 Å². The molecular formula is C8H12O4S. The SMILES string of the molecule is CC(=O)CC1OC(OC(C)=O)CS1. The van der Waals surface area contributed by atoms with E-state index in [1.807, 2.05) is 0 Å². The molecule has 74 valence electrons. The molecule has 0 N–H and O–H groups in total. The van der Waals surface area contributed by atoms with E-state index in [4.69, 9.17) is 9.47 Å². The maximum absolute atomic E-state index is 10.7. The predicted molar refractivity (Wildman–Crippen MR) is 48.2 cm³/mol. The Balaban J connectivity index is 2.27. The van der Waals surface area contributed by atoms with Gasteiger partial charge in [-0.05, 0) is 6.92 Å². The Hall–Kier alpha value is -0.550. The molecule has 0 saturated carbocycles. The molecule has 13 heavy (non-hydrogen) atoms. The first-order valence-corrected chi connectivity index (χ1v) is 5.06. The fourth-order valence-corrected chi connectivity index (χ4v) is 2.10. The second-order valence-electron chi connectivity index (χ2n) is 2.84. The Morgan fingerprint density at radius 1 is 1.54 bits per heavy atom. The van der Waals surface area contributed by atoms with Gasteiger partial charge < -0.3 is 9.47 Å². The molecule has 0 bridgehead atoms. The molecule has 1 heterocycles. The summed E-state index contributed by atoms with van der Waals surface area (Å²) >= 11 is 1.50. The summed E-state index contributed by atoms with van der Waals surface area (Å²) in [7, 11) is 0. The van der Waals surface area contributed by atoms with Crippen molar-refractivity contribution in [1.82, 2.24) is 0 Å². The molecule has 0 amide bonds. The quantitative estimate of drug-likeness (QED) is 0.640. The summed E-state index contributed by atoms with van der Waals surface area (Å²) in [6, 6.07) is 0. The van der Waals surface area contributed by atoms with Gasteiger partial charge in [0.2, 0.25) is 6.29 Å². The van der Waals surface area contributed by atoms with Crippen molar-refractivity contribution in [3.05, 3.63) is 0 Å². The summed E-state index contributed by atoms with van der Waals surface area (Å²) in [4.78, 5) is 21.3. The van der Waals surface area contributed by atoms with Gasteiger partial charge in [0.05, 0.1) is 5.75 Å². The first-order chi connectivity index (χ1) is 6.08. The van der Waals surface area contributed by atoms with Crippen LogP contribution in [0.2, 0.25) is 0 Å². The van der Waals surface area contributed by atoms with Crippen molar-refractivity contribution in [2.45, 2.75) is 32.0 Å². The van der Waals surface area contributed by atoms with Crippen LogP contribution in [0.1, 0.15) is 20.3 Å². The Morgan fingerprint density at radius 3 is 2.77 bits per heavy atom.